The summed E-state index contributed by atoms with van der Waals surface area (Å²) < 4.78 is 5.67. The van der Waals surface area contributed by atoms with Gasteiger partial charge in [-0.15, -0.1) is 11.8 Å². The zero-order valence-corrected chi connectivity index (χ0v) is 11.9. The molecule has 0 radical (unpaired) electrons. The fourth-order valence-electron chi connectivity index (χ4n) is 1.61. The van der Waals surface area contributed by atoms with Crippen LogP contribution < -0.4 is 4.74 Å². The van der Waals surface area contributed by atoms with Crippen LogP contribution in [0.5, 0.6) is 5.75 Å². The lowest BCUT2D eigenvalue weighted by atomic mass is 10.2. The van der Waals surface area contributed by atoms with E-state index in [1.54, 1.807) is 11.8 Å². The molecule has 20 heavy (non-hydrogen) atoms. The summed E-state index contributed by atoms with van der Waals surface area (Å²) in [7, 11) is 0. The predicted molar refractivity (Wildman–Crippen MR) is 83.1 cm³/mol. The Labute approximate surface area is 123 Å². The molecule has 0 heterocycles. The molecule has 0 saturated carbocycles. The summed E-state index contributed by atoms with van der Waals surface area (Å²) in [4.78, 5) is 1.26. The summed E-state index contributed by atoms with van der Waals surface area (Å²) in [5.74, 6) is 7.22. The summed E-state index contributed by atoms with van der Waals surface area (Å²) in [5.41, 5.74) is 0.880. The second-order valence-electron chi connectivity index (χ2n) is 3.99. The monoisotopic (exact) mass is 284 g/mol. The fraction of sp³-hybridized carbons (Fsp3) is 0.176. The fourth-order valence-corrected chi connectivity index (χ4v) is 2.36. The van der Waals surface area contributed by atoms with Crippen LogP contribution in [-0.4, -0.2) is 24.1 Å². The number of aliphatic hydroxyl groups excluding tert-OH is 1. The van der Waals surface area contributed by atoms with Gasteiger partial charge in [0.2, 0.25) is 0 Å². The van der Waals surface area contributed by atoms with E-state index in [9.17, 15) is 0 Å². The lowest BCUT2D eigenvalue weighted by Crippen LogP contribution is -1.99. The Morgan fingerprint density at radius 2 is 1.75 bits per heavy atom. The number of benzene rings is 2. The topological polar surface area (TPSA) is 29.5 Å². The molecule has 2 aromatic rings. The SMILES string of the molecule is OCC#Cc1ccc(OCCSc2ccccc2)cc1. The van der Waals surface area contributed by atoms with Gasteiger partial charge in [-0.1, -0.05) is 30.0 Å². The number of ether oxygens (including phenoxy) is 1. The molecule has 102 valence electrons. The van der Waals surface area contributed by atoms with E-state index >= 15 is 0 Å². The zero-order valence-electron chi connectivity index (χ0n) is 11.1. The Morgan fingerprint density at radius 3 is 2.45 bits per heavy atom. The summed E-state index contributed by atoms with van der Waals surface area (Å²) >= 11 is 1.78. The first-order valence-electron chi connectivity index (χ1n) is 6.39. The molecule has 0 fully saturated rings. The maximum atomic E-state index is 8.62. The molecule has 0 aliphatic carbocycles. The van der Waals surface area contributed by atoms with Crippen LogP contribution in [0.25, 0.3) is 0 Å². The molecule has 0 amide bonds. The third kappa shape index (κ3) is 5.00. The van der Waals surface area contributed by atoms with E-state index in [2.05, 4.69) is 24.0 Å². The first-order valence-corrected chi connectivity index (χ1v) is 7.37. The Kier molecular flexibility index (Phi) is 6.04. The van der Waals surface area contributed by atoms with Gasteiger partial charge in [-0.25, -0.2) is 0 Å². The van der Waals surface area contributed by atoms with Gasteiger partial charge in [0.25, 0.3) is 0 Å². The highest BCUT2D eigenvalue weighted by atomic mass is 32.2. The van der Waals surface area contributed by atoms with E-state index in [-0.39, 0.29) is 6.61 Å². The molecule has 0 atom stereocenters. The van der Waals surface area contributed by atoms with Gasteiger partial charge in [0.15, 0.2) is 0 Å². The number of aliphatic hydroxyl groups is 1. The minimum atomic E-state index is -0.116. The molecule has 0 aliphatic heterocycles. The highest BCUT2D eigenvalue weighted by molar-refractivity contribution is 7.99. The standard InChI is InChI=1S/C17H16O2S/c18-12-4-5-15-8-10-16(11-9-15)19-13-14-20-17-6-2-1-3-7-17/h1-3,6-11,18H,12-14H2. The van der Waals surface area contributed by atoms with Crippen molar-refractivity contribution >= 4 is 11.8 Å². The average molecular weight is 284 g/mol. The number of hydrogen-bond acceptors (Lipinski definition) is 3. The smallest absolute Gasteiger partial charge is 0.119 e. The van der Waals surface area contributed by atoms with Crippen molar-refractivity contribution in [3.05, 3.63) is 60.2 Å². The molecule has 0 aromatic heterocycles. The predicted octanol–water partition coefficient (Wildman–Crippen LogP) is 3.20. The molecule has 2 aromatic carbocycles. The van der Waals surface area contributed by atoms with Gasteiger partial charge in [-0.05, 0) is 36.4 Å². The van der Waals surface area contributed by atoms with Crippen molar-refractivity contribution in [3.63, 3.8) is 0 Å². The Bertz CT molecular complexity index is 567. The first-order chi connectivity index (χ1) is 9.88. The van der Waals surface area contributed by atoms with Crippen LogP contribution in [-0.2, 0) is 0 Å². The first kappa shape index (κ1) is 14.5. The maximum absolute atomic E-state index is 8.62. The van der Waals surface area contributed by atoms with Crippen LogP contribution in [0, 0.1) is 11.8 Å². The molecular formula is C17H16O2S. The van der Waals surface area contributed by atoms with Crippen LogP contribution in [0.4, 0.5) is 0 Å². The number of rotatable bonds is 5. The molecule has 0 spiro atoms. The highest BCUT2D eigenvalue weighted by Crippen LogP contribution is 2.17. The van der Waals surface area contributed by atoms with Gasteiger partial charge in [0.05, 0.1) is 6.61 Å². The highest BCUT2D eigenvalue weighted by Gasteiger charge is 1.96. The number of thioether (sulfide) groups is 1. The maximum Gasteiger partial charge on any atom is 0.119 e. The number of hydrogen-bond donors (Lipinski definition) is 1. The van der Waals surface area contributed by atoms with Crippen molar-refractivity contribution < 1.29 is 9.84 Å². The minimum Gasteiger partial charge on any atom is -0.493 e. The van der Waals surface area contributed by atoms with Crippen LogP contribution >= 0.6 is 11.8 Å². The van der Waals surface area contributed by atoms with E-state index in [1.807, 2.05) is 42.5 Å². The van der Waals surface area contributed by atoms with Crippen molar-refractivity contribution in [2.24, 2.45) is 0 Å². The lowest BCUT2D eigenvalue weighted by molar-refractivity contribution is 0.344. The van der Waals surface area contributed by atoms with E-state index < -0.39 is 0 Å². The average Bonchev–Trinajstić information content (AvgIpc) is 2.52. The van der Waals surface area contributed by atoms with Crippen molar-refractivity contribution in [2.75, 3.05) is 19.0 Å². The van der Waals surface area contributed by atoms with E-state index in [4.69, 9.17) is 9.84 Å². The van der Waals surface area contributed by atoms with Gasteiger partial charge in [-0.3, -0.25) is 0 Å². The second-order valence-corrected chi connectivity index (χ2v) is 5.16. The Morgan fingerprint density at radius 1 is 1.00 bits per heavy atom. The van der Waals surface area contributed by atoms with Gasteiger partial charge < -0.3 is 9.84 Å². The van der Waals surface area contributed by atoms with Crippen molar-refractivity contribution in [3.8, 4) is 17.6 Å². The molecule has 0 saturated heterocycles. The van der Waals surface area contributed by atoms with Gasteiger partial charge in [-0.2, -0.15) is 0 Å². The molecular weight excluding hydrogens is 268 g/mol. The molecule has 0 aliphatic rings. The van der Waals surface area contributed by atoms with Gasteiger partial charge in [0.1, 0.15) is 12.4 Å². The Hall–Kier alpha value is -1.89. The summed E-state index contributed by atoms with van der Waals surface area (Å²) in [6.45, 7) is 0.552. The van der Waals surface area contributed by atoms with Crippen molar-refractivity contribution in [1.29, 1.82) is 0 Å². The van der Waals surface area contributed by atoms with E-state index in [1.165, 1.54) is 4.90 Å². The molecule has 2 nitrogen and oxygen atoms in total. The largest absolute Gasteiger partial charge is 0.493 e. The van der Waals surface area contributed by atoms with Crippen LogP contribution in [0.15, 0.2) is 59.5 Å². The second kappa shape index (κ2) is 8.31. The van der Waals surface area contributed by atoms with Crippen molar-refractivity contribution in [2.45, 2.75) is 4.90 Å². The molecule has 2 rings (SSSR count). The lowest BCUT2D eigenvalue weighted by Gasteiger charge is -2.06. The normalized spacial score (nSPS) is 9.65. The minimum absolute atomic E-state index is 0.116. The summed E-state index contributed by atoms with van der Waals surface area (Å²) in [5, 5.41) is 8.62. The van der Waals surface area contributed by atoms with Gasteiger partial charge in [0, 0.05) is 16.2 Å². The van der Waals surface area contributed by atoms with Crippen molar-refractivity contribution in [1.82, 2.24) is 0 Å². The zero-order chi connectivity index (χ0) is 14.0. The van der Waals surface area contributed by atoms with Gasteiger partial charge >= 0.3 is 0 Å². The molecule has 0 bridgehead atoms. The third-order valence-electron chi connectivity index (χ3n) is 2.53. The Balaban J connectivity index is 1.74. The van der Waals surface area contributed by atoms with Crippen LogP contribution in [0.2, 0.25) is 0 Å². The quantitative estimate of drug-likeness (QED) is 0.519. The summed E-state index contributed by atoms with van der Waals surface area (Å²) in [6.07, 6.45) is 0. The van der Waals surface area contributed by atoms with Crippen LogP contribution in [0.1, 0.15) is 5.56 Å². The molecule has 3 heteroatoms. The molecule has 0 unspecified atom stereocenters. The summed E-state index contributed by atoms with van der Waals surface area (Å²) in [6, 6.07) is 17.9. The van der Waals surface area contributed by atoms with E-state index in [0.717, 1.165) is 17.1 Å². The van der Waals surface area contributed by atoms with E-state index in [0.29, 0.717) is 6.61 Å². The third-order valence-corrected chi connectivity index (χ3v) is 3.51. The molecule has 1 N–H and O–H groups in total. The van der Waals surface area contributed by atoms with Crippen LogP contribution in [0.3, 0.4) is 0 Å².